The minimum Gasteiger partial charge on any atom is -0.289 e. The molecule has 0 bridgehead atoms. The van der Waals surface area contributed by atoms with Crippen molar-refractivity contribution in [2.24, 2.45) is 0 Å². The molecular formula is C36H30O. The molecule has 6 aromatic carbocycles. The summed E-state index contributed by atoms with van der Waals surface area (Å²) in [6.45, 7) is 6.16. The van der Waals surface area contributed by atoms with E-state index in [1.807, 2.05) is 62.4 Å². The summed E-state index contributed by atoms with van der Waals surface area (Å²) in [5, 5.41) is 4.96. The van der Waals surface area contributed by atoms with E-state index >= 15 is 0 Å². The second-order valence-electron chi connectivity index (χ2n) is 8.93. The van der Waals surface area contributed by atoms with Crippen molar-refractivity contribution in [2.75, 3.05) is 0 Å². The molecule has 1 aliphatic carbocycles. The Morgan fingerprint density at radius 1 is 0.405 bits per heavy atom. The molecule has 1 aliphatic rings. The Hall–Kier alpha value is -4.49. The summed E-state index contributed by atoms with van der Waals surface area (Å²) in [5.41, 5.74) is 7.77. The van der Waals surface area contributed by atoms with Crippen molar-refractivity contribution in [3.63, 3.8) is 0 Å². The number of ketones is 1. The van der Waals surface area contributed by atoms with Crippen LogP contribution in [0.5, 0.6) is 0 Å². The molecule has 6 aromatic rings. The molecule has 0 atom stereocenters. The summed E-state index contributed by atoms with van der Waals surface area (Å²) in [7, 11) is 0. The van der Waals surface area contributed by atoms with Gasteiger partial charge < -0.3 is 0 Å². The summed E-state index contributed by atoms with van der Waals surface area (Å²) >= 11 is 0. The number of hydrogen-bond acceptors (Lipinski definition) is 1. The summed E-state index contributed by atoms with van der Waals surface area (Å²) in [4.78, 5) is 12.3. The van der Waals surface area contributed by atoms with Gasteiger partial charge >= 0.3 is 0 Å². The predicted octanol–water partition coefficient (Wildman–Crippen LogP) is 9.89. The van der Waals surface area contributed by atoms with Gasteiger partial charge in [0.2, 0.25) is 0 Å². The first kappa shape index (κ1) is 24.2. The van der Waals surface area contributed by atoms with Gasteiger partial charge in [-0.2, -0.15) is 0 Å². The number of aryl methyl sites for hydroxylation is 1. The maximum Gasteiger partial charge on any atom is 0.194 e. The van der Waals surface area contributed by atoms with E-state index in [4.69, 9.17) is 0 Å². The monoisotopic (exact) mass is 478 g/mol. The van der Waals surface area contributed by atoms with Crippen LogP contribution in [-0.2, 0) is 0 Å². The Morgan fingerprint density at radius 3 is 1.65 bits per heavy atom. The molecule has 0 fully saturated rings. The molecular weight excluding hydrogens is 448 g/mol. The van der Waals surface area contributed by atoms with E-state index in [0.29, 0.717) is 0 Å². The fourth-order valence-corrected chi connectivity index (χ4v) is 5.13. The highest BCUT2D eigenvalue weighted by Crippen LogP contribution is 2.41. The third kappa shape index (κ3) is 4.45. The fraction of sp³-hybridized carbons (Fsp3) is 0.0833. The predicted molar refractivity (Wildman–Crippen MR) is 158 cm³/mol. The van der Waals surface area contributed by atoms with Crippen molar-refractivity contribution < 1.29 is 4.79 Å². The van der Waals surface area contributed by atoms with Gasteiger partial charge in [-0.05, 0) is 56.8 Å². The number of fused-ring (bicyclic) bond motifs is 6. The van der Waals surface area contributed by atoms with Crippen molar-refractivity contribution in [1.82, 2.24) is 0 Å². The fourth-order valence-electron chi connectivity index (χ4n) is 5.13. The maximum absolute atomic E-state index is 12.3. The molecule has 0 N–H and O–H groups in total. The van der Waals surface area contributed by atoms with Crippen LogP contribution in [0.2, 0.25) is 0 Å². The molecule has 0 radical (unpaired) electrons. The number of carbonyl (C=O) groups excluding carboxylic acids is 1. The average molecular weight is 479 g/mol. The highest BCUT2D eigenvalue weighted by molar-refractivity contribution is 6.25. The first-order valence-corrected chi connectivity index (χ1v) is 12.9. The van der Waals surface area contributed by atoms with Crippen molar-refractivity contribution in [1.29, 1.82) is 0 Å². The van der Waals surface area contributed by atoms with Crippen molar-refractivity contribution in [2.45, 2.75) is 20.8 Å². The molecule has 0 amide bonds. The Morgan fingerprint density at radius 2 is 0.919 bits per heavy atom. The Kier molecular flexibility index (Phi) is 6.96. The molecule has 0 spiro atoms. The van der Waals surface area contributed by atoms with Crippen LogP contribution in [0.25, 0.3) is 43.8 Å². The Labute approximate surface area is 219 Å². The van der Waals surface area contributed by atoms with Gasteiger partial charge in [-0.25, -0.2) is 0 Å². The first-order valence-electron chi connectivity index (χ1n) is 12.9. The lowest BCUT2D eigenvalue weighted by Gasteiger charge is -2.09. The molecule has 1 heteroatoms. The van der Waals surface area contributed by atoms with Gasteiger partial charge in [0, 0.05) is 16.7 Å². The van der Waals surface area contributed by atoms with Crippen LogP contribution in [0.4, 0.5) is 0 Å². The van der Waals surface area contributed by atoms with Crippen LogP contribution in [0.15, 0.2) is 127 Å². The molecule has 0 unspecified atom stereocenters. The van der Waals surface area contributed by atoms with Gasteiger partial charge in [0.05, 0.1) is 0 Å². The van der Waals surface area contributed by atoms with Gasteiger partial charge in [-0.15, -0.1) is 0 Å². The molecule has 7 rings (SSSR count). The lowest BCUT2D eigenvalue weighted by molar-refractivity contribution is 0.104. The third-order valence-electron chi connectivity index (χ3n) is 6.84. The normalized spacial score (nSPS) is 11.2. The number of rotatable bonds is 1. The zero-order valence-electron chi connectivity index (χ0n) is 21.5. The Bertz CT molecular complexity index is 1720. The van der Waals surface area contributed by atoms with Gasteiger partial charge in [-0.3, -0.25) is 4.79 Å². The van der Waals surface area contributed by atoms with Gasteiger partial charge in [0.1, 0.15) is 0 Å². The lowest BCUT2D eigenvalue weighted by Crippen LogP contribution is -1.94. The third-order valence-corrected chi connectivity index (χ3v) is 6.84. The minimum atomic E-state index is 0.145. The summed E-state index contributed by atoms with van der Waals surface area (Å²) < 4.78 is 0. The Balaban J connectivity index is 0.000000142. The maximum atomic E-state index is 12.3. The van der Waals surface area contributed by atoms with E-state index in [0.717, 1.165) is 27.6 Å². The highest BCUT2D eigenvalue weighted by Gasteiger charge is 2.27. The summed E-state index contributed by atoms with van der Waals surface area (Å²) in [5.74, 6) is 0.145. The second-order valence-corrected chi connectivity index (χ2v) is 8.93. The SMILES string of the molecule is CC.Cc1ccccc1-c1cccc2ccccc12.O=C1c2ccccc2-c2c1ccc1ccccc21. The standard InChI is InChI=1S/C17H10O.C17H14.C2H6/c18-17-14-8-4-3-7-13(14)16-12-6-2-1-5-11(12)9-10-15(16)17;1-13-7-2-4-10-15(13)17-12-6-9-14-8-3-5-11-16(14)17;1-2/h1-10H;2-12H,1H3;1-2H3. The van der Waals surface area contributed by atoms with Gasteiger partial charge in [-0.1, -0.05) is 135 Å². The van der Waals surface area contributed by atoms with Crippen LogP contribution in [0, 0.1) is 6.92 Å². The molecule has 0 aliphatic heterocycles. The van der Waals surface area contributed by atoms with Crippen molar-refractivity contribution >= 4 is 27.3 Å². The van der Waals surface area contributed by atoms with Crippen LogP contribution in [-0.4, -0.2) is 5.78 Å². The molecule has 1 nitrogen and oxygen atoms in total. The minimum absolute atomic E-state index is 0.145. The van der Waals surface area contributed by atoms with Crippen LogP contribution in [0.1, 0.15) is 35.3 Å². The quantitative estimate of drug-likeness (QED) is 0.229. The van der Waals surface area contributed by atoms with Gasteiger partial charge in [0.25, 0.3) is 0 Å². The molecule has 0 saturated heterocycles. The van der Waals surface area contributed by atoms with Crippen LogP contribution >= 0.6 is 0 Å². The lowest BCUT2D eigenvalue weighted by atomic mass is 9.95. The van der Waals surface area contributed by atoms with E-state index in [1.54, 1.807) is 0 Å². The average Bonchev–Trinajstić information content (AvgIpc) is 3.27. The van der Waals surface area contributed by atoms with E-state index in [9.17, 15) is 4.79 Å². The zero-order chi connectivity index (χ0) is 25.8. The van der Waals surface area contributed by atoms with Crippen LogP contribution in [0.3, 0.4) is 0 Å². The molecule has 180 valence electrons. The van der Waals surface area contributed by atoms with Crippen LogP contribution < -0.4 is 0 Å². The van der Waals surface area contributed by atoms with E-state index in [1.165, 1.54) is 32.8 Å². The first-order chi connectivity index (χ1) is 18.2. The van der Waals surface area contributed by atoms with Crippen molar-refractivity contribution in [3.8, 4) is 22.3 Å². The molecule has 0 heterocycles. The molecule has 0 saturated carbocycles. The second kappa shape index (κ2) is 10.6. The highest BCUT2D eigenvalue weighted by atomic mass is 16.1. The van der Waals surface area contributed by atoms with E-state index < -0.39 is 0 Å². The number of benzene rings is 6. The van der Waals surface area contributed by atoms with Crippen molar-refractivity contribution in [3.05, 3.63) is 144 Å². The van der Waals surface area contributed by atoms with E-state index in [-0.39, 0.29) is 5.78 Å². The topological polar surface area (TPSA) is 17.1 Å². The molecule has 0 aromatic heterocycles. The van der Waals surface area contributed by atoms with Gasteiger partial charge in [0.15, 0.2) is 5.78 Å². The largest absolute Gasteiger partial charge is 0.289 e. The smallest absolute Gasteiger partial charge is 0.194 e. The zero-order valence-corrected chi connectivity index (χ0v) is 21.5. The number of hydrogen-bond donors (Lipinski definition) is 0. The summed E-state index contributed by atoms with van der Waals surface area (Å²) in [6, 6.07) is 43.6. The van der Waals surface area contributed by atoms with E-state index in [2.05, 4.69) is 85.8 Å². The number of carbonyl (C=O) groups is 1. The molecule has 37 heavy (non-hydrogen) atoms. The summed E-state index contributed by atoms with van der Waals surface area (Å²) in [6.07, 6.45) is 0.